The van der Waals surface area contributed by atoms with E-state index in [9.17, 15) is 9.59 Å². The molecular formula is C35H37ClN4O4S. The number of amides is 1. The predicted octanol–water partition coefficient (Wildman–Crippen LogP) is 8.31. The summed E-state index contributed by atoms with van der Waals surface area (Å²) in [5.74, 6) is -0.150. The van der Waals surface area contributed by atoms with E-state index >= 15 is 0 Å². The highest BCUT2D eigenvalue weighted by atomic mass is 35.5. The van der Waals surface area contributed by atoms with Crippen molar-refractivity contribution < 1.29 is 19.1 Å². The maximum absolute atomic E-state index is 12.8. The maximum Gasteiger partial charge on any atom is 0.410 e. The number of thiazole rings is 1. The third-order valence-electron chi connectivity index (χ3n) is 8.12. The predicted molar refractivity (Wildman–Crippen MR) is 180 cm³/mol. The van der Waals surface area contributed by atoms with Gasteiger partial charge < -0.3 is 14.4 Å². The number of aryl methyl sites for hydroxylation is 2. The van der Waals surface area contributed by atoms with Gasteiger partial charge in [-0.2, -0.15) is 5.10 Å². The molecule has 0 radical (unpaired) electrons. The minimum absolute atomic E-state index is 0.108. The van der Waals surface area contributed by atoms with Gasteiger partial charge in [-0.05, 0) is 94.1 Å². The number of halogens is 1. The van der Waals surface area contributed by atoms with Crippen LogP contribution in [0.1, 0.15) is 56.9 Å². The molecule has 0 unspecified atom stereocenters. The number of carbonyl (C=O) groups is 2. The minimum atomic E-state index is -0.537. The lowest BCUT2D eigenvalue weighted by Crippen LogP contribution is -2.35. The van der Waals surface area contributed by atoms with E-state index in [1.165, 1.54) is 0 Å². The molecule has 0 saturated carbocycles. The van der Waals surface area contributed by atoms with Gasteiger partial charge in [-0.1, -0.05) is 23.7 Å². The number of esters is 1. The fraction of sp³-hybridized carbons (Fsp3) is 0.371. The smallest absolute Gasteiger partial charge is 0.410 e. The first-order valence-corrected chi connectivity index (χ1v) is 16.4. The monoisotopic (exact) mass is 644 g/mol. The van der Waals surface area contributed by atoms with E-state index in [0.717, 1.165) is 66.1 Å². The summed E-state index contributed by atoms with van der Waals surface area (Å²) in [5, 5.41) is 7.50. The van der Waals surface area contributed by atoms with Crippen LogP contribution < -0.4 is 0 Å². The van der Waals surface area contributed by atoms with Crippen molar-refractivity contribution in [1.82, 2.24) is 19.7 Å². The Morgan fingerprint density at radius 2 is 1.82 bits per heavy atom. The fourth-order valence-corrected chi connectivity index (χ4v) is 7.33. The Morgan fingerprint density at radius 1 is 1.09 bits per heavy atom. The van der Waals surface area contributed by atoms with Gasteiger partial charge in [-0.15, -0.1) is 11.3 Å². The molecule has 6 rings (SSSR count). The van der Waals surface area contributed by atoms with Gasteiger partial charge in [0.2, 0.25) is 0 Å². The van der Waals surface area contributed by atoms with Gasteiger partial charge in [0.1, 0.15) is 10.6 Å². The number of nitrogens with zero attached hydrogens (tertiary/aromatic N) is 4. The lowest BCUT2D eigenvalue weighted by atomic mass is 9.93. The summed E-state index contributed by atoms with van der Waals surface area (Å²) < 4.78 is 13.9. The van der Waals surface area contributed by atoms with Crippen molar-refractivity contribution in [3.05, 3.63) is 70.4 Å². The lowest BCUT2D eigenvalue weighted by molar-refractivity contribution is -0.142. The van der Waals surface area contributed by atoms with Crippen molar-refractivity contribution in [2.45, 2.75) is 59.0 Å². The van der Waals surface area contributed by atoms with Crippen LogP contribution in [0.5, 0.6) is 0 Å². The number of likely N-dealkylation sites (tertiary alicyclic amines) is 1. The van der Waals surface area contributed by atoms with Crippen LogP contribution in [0.3, 0.4) is 0 Å². The summed E-state index contributed by atoms with van der Waals surface area (Å²) in [4.78, 5) is 32.3. The van der Waals surface area contributed by atoms with Crippen LogP contribution in [-0.4, -0.2) is 57.0 Å². The first kappa shape index (κ1) is 31.0. The Balaban J connectivity index is 1.41. The average molecular weight is 645 g/mol. The molecule has 1 fully saturated rings. The highest BCUT2D eigenvalue weighted by Gasteiger charge is 2.33. The van der Waals surface area contributed by atoms with Gasteiger partial charge in [0.25, 0.3) is 0 Å². The number of hydrogen-bond acceptors (Lipinski definition) is 7. The van der Waals surface area contributed by atoms with Gasteiger partial charge in [0.15, 0.2) is 0 Å². The quantitative estimate of drug-likeness (QED) is 0.173. The topological polar surface area (TPSA) is 86.6 Å². The van der Waals surface area contributed by atoms with E-state index in [2.05, 4.69) is 24.3 Å². The lowest BCUT2D eigenvalue weighted by Gasteiger charge is -2.24. The second kappa shape index (κ2) is 12.1. The molecular weight excluding hydrogens is 608 g/mol. The van der Waals surface area contributed by atoms with E-state index in [4.69, 9.17) is 31.2 Å². The molecule has 234 valence electrons. The number of ether oxygens (including phenoxy) is 2. The average Bonchev–Trinajstić information content (AvgIpc) is 3.71. The largest absolute Gasteiger partial charge is 0.466 e. The molecule has 5 aromatic rings. The third kappa shape index (κ3) is 6.29. The van der Waals surface area contributed by atoms with Crippen molar-refractivity contribution in [2.24, 2.45) is 7.05 Å². The molecule has 0 bridgehead atoms. The maximum atomic E-state index is 12.8. The Kier molecular flexibility index (Phi) is 8.35. The molecule has 0 spiro atoms. The first-order valence-electron chi connectivity index (χ1n) is 15.2. The van der Waals surface area contributed by atoms with Gasteiger partial charge in [0.05, 0.1) is 34.5 Å². The van der Waals surface area contributed by atoms with Gasteiger partial charge >= 0.3 is 12.1 Å². The Hall–Kier alpha value is -3.95. The van der Waals surface area contributed by atoms with Crippen molar-refractivity contribution in [1.29, 1.82) is 0 Å². The zero-order valence-electron chi connectivity index (χ0n) is 26.4. The molecule has 0 N–H and O–H groups in total. The number of benzene rings is 3. The zero-order chi connectivity index (χ0) is 32.0. The molecule has 1 saturated heterocycles. The van der Waals surface area contributed by atoms with E-state index < -0.39 is 5.60 Å². The van der Waals surface area contributed by atoms with Crippen LogP contribution >= 0.6 is 22.9 Å². The summed E-state index contributed by atoms with van der Waals surface area (Å²) >= 11 is 7.85. The molecule has 1 atom stereocenters. The second-order valence-corrected chi connectivity index (χ2v) is 14.0. The molecule has 8 nitrogen and oxygen atoms in total. The van der Waals surface area contributed by atoms with E-state index in [1.54, 1.807) is 16.2 Å². The van der Waals surface area contributed by atoms with Crippen LogP contribution in [0.2, 0.25) is 5.02 Å². The Morgan fingerprint density at radius 3 is 2.53 bits per heavy atom. The van der Waals surface area contributed by atoms with E-state index in [0.29, 0.717) is 24.7 Å². The van der Waals surface area contributed by atoms with Crippen LogP contribution in [0.25, 0.3) is 42.8 Å². The normalized spacial score (nSPS) is 15.3. The number of carbonyl (C=O) groups excluding carboxylic acids is 2. The molecule has 3 heterocycles. The molecule has 1 aliphatic rings. The van der Waals surface area contributed by atoms with E-state index in [1.807, 2.05) is 70.6 Å². The highest BCUT2D eigenvalue weighted by molar-refractivity contribution is 7.22. The number of aromatic nitrogens is 3. The first-order chi connectivity index (χ1) is 21.4. The molecule has 10 heteroatoms. The molecule has 1 aliphatic heterocycles. The standard InChI is InChI=1S/C35H37ClN4O4S/c1-7-43-29(41)18-25-20(2)16-27-32(30(25)21-8-11-24(36)12-9-21)45-33(37-27)22-10-13-28-26(17-22)31(38-39(28)6)23-14-15-40(19-23)34(42)44-35(3,4)5/h8-13,16-17,23H,7,14-15,18-19H2,1-6H3/t23-/m0/s1. The van der Waals surface area contributed by atoms with Crippen molar-refractivity contribution in [3.63, 3.8) is 0 Å². The summed E-state index contributed by atoms with van der Waals surface area (Å²) in [5.41, 5.74) is 7.21. The van der Waals surface area contributed by atoms with E-state index in [-0.39, 0.29) is 24.4 Å². The fourth-order valence-electron chi connectivity index (χ4n) is 6.07. The SMILES string of the molecule is CCOC(=O)Cc1c(C)cc2nc(-c3ccc4c(c3)c([C@H]3CCN(C(=O)OC(C)(C)C)C3)nn4C)sc2c1-c1ccc(Cl)cc1. The molecule has 0 aliphatic carbocycles. The second-order valence-electron chi connectivity index (χ2n) is 12.6. The molecule has 3 aromatic carbocycles. The van der Waals surface area contributed by atoms with Gasteiger partial charge in [-0.3, -0.25) is 9.48 Å². The van der Waals surface area contributed by atoms with Crippen molar-refractivity contribution in [3.8, 4) is 21.7 Å². The summed E-state index contributed by atoms with van der Waals surface area (Å²) in [6.45, 7) is 11.0. The van der Waals surface area contributed by atoms with Crippen molar-refractivity contribution in [2.75, 3.05) is 19.7 Å². The van der Waals surface area contributed by atoms with Gasteiger partial charge in [0, 0.05) is 47.6 Å². The summed E-state index contributed by atoms with van der Waals surface area (Å²) in [6.07, 6.45) is 0.714. The van der Waals surface area contributed by atoms with Gasteiger partial charge in [-0.25, -0.2) is 9.78 Å². The summed E-state index contributed by atoms with van der Waals surface area (Å²) in [7, 11) is 1.95. The number of fused-ring (bicyclic) bond motifs is 2. The summed E-state index contributed by atoms with van der Waals surface area (Å²) in [6, 6.07) is 16.1. The van der Waals surface area contributed by atoms with Crippen LogP contribution in [0.4, 0.5) is 4.79 Å². The number of rotatable bonds is 6. The Bertz CT molecular complexity index is 1920. The van der Waals surface area contributed by atoms with Crippen LogP contribution in [0, 0.1) is 6.92 Å². The van der Waals surface area contributed by atoms with Crippen LogP contribution in [-0.2, 0) is 27.7 Å². The molecule has 2 aromatic heterocycles. The minimum Gasteiger partial charge on any atom is -0.466 e. The molecule has 45 heavy (non-hydrogen) atoms. The zero-order valence-corrected chi connectivity index (χ0v) is 28.0. The Labute approximate surface area is 271 Å². The van der Waals surface area contributed by atoms with Crippen LogP contribution in [0.15, 0.2) is 48.5 Å². The molecule has 1 amide bonds. The van der Waals surface area contributed by atoms with Crippen molar-refractivity contribution >= 4 is 56.1 Å². The third-order valence-corrected chi connectivity index (χ3v) is 9.51. The number of hydrogen-bond donors (Lipinski definition) is 0. The highest BCUT2D eigenvalue weighted by Crippen LogP contribution is 2.42.